The van der Waals surface area contributed by atoms with Crippen LogP contribution in [-0.2, 0) is 13.1 Å². The van der Waals surface area contributed by atoms with Gasteiger partial charge in [0.2, 0.25) is 5.76 Å². The van der Waals surface area contributed by atoms with Crippen LogP contribution in [0.3, 0.4) is 0 Å². The van der Waals surface area contributed by atoms with Crippen molar-refractivity contribution in [1.82, 2.24) is 5.32 Å². The molecule has 0 aliphatic carbocycles. The minimum atomic E-state index is -1.04. The van der Waals surface area contributed by atoms with Crippen LogP contribution in [0.4, 0.5) is 0 Å². The van der Waals surface area contributed by atoms with Crippen LogP contribution in [0.5, 0.6) is 0 Å². The van der Waals surface area contributed by atoms with E-state index >= 15 is 0 Å². The quantitative estimate of drug-likeness (QED) is 0.885. The average molecular weight is 324 g/mol. The Labute approximate surface area is 119 Å². The maximum absolute atomic E-state index is 10.8. The first-order valence-electron chi connectivity index (χ1n) is 5.84. The van der Waals surface area contributed by atoms with E-state index in [1.54, 1.807) is 13.0 Å². The minimum Gasteiger partial charge on any atom is -0.475 e. The molecule has 2 aromatic rings. The minimum absolute atomic E-state index is 0.0158. The second-order valence-corrected chi connectivity index (χ2v) is 5.14. The summed E-state index contributed by atoms with van der Waals surface area (Å²) in [6.07, 6.45) is 0. The zero-order valence-corrected chi connectivity index (χ0v) is 12.0. The molecule has 4 nitrogen and oxygen atoms in total. The van der Waals surface area contributed by atoms with Crippen molar-refractivity contribution in [1.29, 1.82) is 0 Å². The van der Waals surface area contributed by atoms with E-state index in [2.05, 4.69) is 21.2 Å². The molecule has 1 aromatic carbocycles. The third-order valence-corrected chi connectivity index (χ3v) is 3.32. The standard InChI is InChI=1S/C14H14BrNO3/c1-9-11(6-13(19-9)14(17)18)8-16-7-10-2-4-12(15)5-3-10/h2-6,16H,7-8H2,1H3,(H,17,18). The number of hydrogen-bond acceptors (Lipinski definition) is 3. The highest BCUT2D eigenvalue weighted by Gasteiger charge is 2.12. The Morgan fingerprint density at radius 3 is 2.58 bits per heavy atom. The van der Waals surface area contributed by atoms with Gasteiger partial charge in [-0.25, -0.2) is 4.79 Å². The Hall–Kier alpha value is -1.59. The summed E-state index contributed by atoms with van der Waals surface area (Å²) in [6, 6.07) is 9.60. The molecule has 0 aliphatic rings. The zero-order valence-electron chi connectivity index (χ0n) is 10.4. The van der Waals surface area contributed by atoms with Crippen LogP contribution in [0.25, 0.3) is 0 Å². The topological polar surface area (TPSA) is 62.5 Å². The summed E-state index contributed by atoms with van der Waals surface area (Å²) in [7, 11) is 0. The third kappa shape index (κ3) is 3.68. The van der Waals surface area contributed by atoms with E-state index in [4.69, 9.17) is 9.52 Å². The maximum Gasteiger partial charge on any atom is 0.371 e. The number of nitrogens with one attached hydrogen (secondary N) is 1. The summed E-state index contributed by atoms with van der Waals surface area (Å²) in [4.78, 5) is 10.8. The number of carboxylic acids is 1. The molecule has 0 saturated heterocycles. The molecule has 0 unspecified atom stereocenters. The van der Waals surface area contributed by atoms with Gasteiger partial charge >= 0.3 is 5.97 Å². The molecule has 0 saturated carbocycles. The number of rotatable bonds is 5. The van der Waals surface area contributed by atoms with Gasteiger partial charge in [0, 0.05) is 23.1 Å². The fraction of sp³-hybridized carbons (Fsp3) is 0.214. The highest BCUT2D eigenvalue weighted by Crippen LogP contribution is 2.15. The fourth-order valence-electron chi connectivity index (χ4n) is 1.74. The molecule has 0 amide bonds. The number of carbonyl (C=O) groups is 1. The molecule has 100 valence electrons. The Balaban J connectivity index is 1.92. The Morgan fingerprint density at radius 1 is 1.32 bits per heavy atom. The first-order valence-corrected chi connectivity index (χ1v) is 6.63. The molecule has 2 N–H and O–H groups in total. The number of aromatic carboxylic acids is 1. The van der Waals surface area contributed by atoms with Crippen LogP contribution in [0.1, 0.15) is 27.4 Å². The van der Waals surface area contributed by atoms with Crippen LogP contribution in [0, 0.1) is 6.92 Å². The summed E-state index contributed by atoms with van der Waals surface area (Å²) in [5.74, 6) is -0.416. The summed E-state index contributed by atoms with van der Waals surface area (Å²) < 4.78 is 6.20. The van der Waals surface area contributed by atoms with Crippen molar-refractivity contribution < 1.29 is 14.3 Å². The first kappa shape index (κ1) is 13.8. The van der Waals surface area contributed by atoms with Crippen LogP contribution in [-0.4, -0.2) is 11.1 Å². The van der Waals surface area contributed by atoms with Crippen LogP contribution >= 0.6 is 15.9 Å². The van der Waals surface area contributed by atoms with E-state index in [-0.39, 0.29) is 5.76 Å². The van der Waals surface area contributed by atoms with Gasteiger partial charge < -0.3 is 14.8 Å². The first-order chi connectivity index (χ1) is 9.06. The molecule has 2 rings (SSSR count). The Kier molecular flexibility index (Phi) is 4.39. The monoisotopic (exact) mass is 323 g/mol. The van der Waals surface area contributed by atoms with E-state index in [0.717, 1.165) is 16.6 Å². The van der Waals surface area contributed by atoms with Crippen molar-refractivity contribution in [2.24, 2.45) is 0 Å². The normalized spacial score (nSPS) is 10.6. The van der Waals surface area contributed by atoms with Gasteiger partial charge in [-0.1, -0.05) is 28.1 Å². The van der Waals surface area contributed by atoms with Gasteiger partial charge in [-0.05, 0) is 30.7 Å². The summed E-state index contributed by atoms with van der Waals surface area (Å²) in [5.41, 5.74) is 2.04. The second kappa shape index (κ2) is 6.04. The molecule has 0 radical (unpaired) electrons. The predicted octanol–water partition coefficient (Wildman–Crippen LogP) is 3.34. The molecule has 0 aliphatic heterocycles. The van der Waals surface area contributed by atoms with Gasteiger partial charge in [0.15, 0.2) is 0 Å². The highest BCUT2D eigenvalue weighted by molar-refractivity contribution is 9.10. The molecule has 19 heavy (non-hydrogen) atoms. The van der Waals surface area contributed by atoms with E-state index in [1.165, 1.54) is 5.56 Å². The number of benzene rings is 1. The number of furan rings is 1. The van der Waals surface area contributed by atoms with E-state index in [1.807, 2.05) is 24.3 Å². The molecule has 0 spiro atoms. The lowest BCUT2D eigenvalue weighted by Crippen LogP contribution is -2.12. The molecule has 1 aromatic heterocycles. The van der Waals surface area contributed by atoms with Crippen molar-refractivity contribution in [2.45, 2.75) is 20.0 Å². The molecular formula is C14H14BrNO3. The number of hydrogen-bond donors (Lipinski definition) is 2. The zero-order chi connectivity index (χ0) is 13.8. The van der Waals surface area contributed by atoms with Gasteiger partial charge in [0.1, 0.15) is 5.76 Å². The van der Waals surface area contributed by atoms with E-state index in [9.17, 15) is 4.79 Å². The molecule has 0 atom stereocenters. The Morgan fingerprint density at radius 2 is 2.00 bits per heavy atom. The highest BCUT2D eigenvalue weighted by atomic mass is 79.9. The fourth-order valence-corrected chi connectivity index (χ4v) is 2.01. The molecule has 1 heterocycles. The SMILES string of the molecule is Cc1oc(C(=O)O)cc1CNCc1ccc(Br)cc1. The van der Waals surface area contributed by atoms with Crippen LogP contribution < -0.4 is 5.32 Å². The van der Waals surface area contributed by atoms with Gasteiger partial charge in [-0.3, -0.25) is 0 Å². The van der Waals surface area contributed by atoms with Crippen LogP contribution in [0.15, 0.2) is 39.2 Å². The van der Waals surface area contributed by atoms with Gasteiger partial charge in [0.25, 0.3) is 0 Å². The van der Waals surface area contributed by atoms with Crippen molar-refractivity contribution in [3.63, 3.8) is 0 Å². The van der Waals surface area contributed by atoms with E-state index in [0.29, 0.717) is 12.3 Å². The van der Waals surface area contributed by atoms with Crippen LogP contribution in [0.2, 0.25) is 0 Å². The maximum atomic E-state index is 10.8. The molecular weight excluding hydrogens is 310 g/mol. The lowest BCUT2D eigenvalue weighted by Gasteiger charge is -2.04. The van der Waals surface area contributed by atoms with Gasteiger partial charge in [-0.15, -0.1) is 0 Å². The van der Waals surface area contributed by atoms with E-state index < -0.39 is 5.97 Å². The van der Waals surface area contributed by atoms with Crippen molar-refractivity contribution in [3.05, 3.63) is 57.5 Å². The molecule has 5 heteroatoms. The van der Waals surface area contributed by atoms with Crippen molar-refractivity contribution in [2.75, 3.05) is 0 Å². The third-order valence-electron chi connectivity index (χ3n) is 2.79. The number of halogens is 1. The summed E-state index contributed by atoms with van der Waals surface area (Å²) in [6.45, 7) is 3.07. The average Bonchev–Trinajstić information content (AvgIpc) is 2.74. The largest absolute Gasteiger partial charge is 0.475 e. The lowest BCUT2D eigenvalue weighted by atomic mass is 10.2. The number of carboxylic acid groups (broad SMARTS) is 1. The van der Waals surface area contributed by atoms with Gasteiger partial charge in [0.05, 0.1) is 0 Å². The second-order valence-electron chi connectivity index (χ2n) is 4.23. The Bertz CT molecular complexity index is 575. The van der Waals surface area contributed by atoms with Gasteiger partial charge in [-0.2, -0.15) is 0 Å². The predicted molar refractivity (Wildman–Crippen MR) is 75.1 cm³/mol. The number of aryl methyl sites for hydroxylation is 1. The van der Waals surface area contributed by atoms with Crippen molar-refractivity contribution in [3.8, 4) is 0 Å². The smallest absolute Gasteiger partial charge is 0.371 e. The molecule has 0 bridgehead atoms. The van der Waals surface area contributed by atoms with Crippen molar-refractivity contribution >= 4 is 21.9 Å². The summed E-state index contributed by atoms with van der Waals surface area (Å²) in [5, 5.41) is 12.1. The summed E-state index contributed by atoms with van der Waals surface area (Å²) >= 11 is 3.39. The molecule has 0 fully saturated rings. The lowest BCUT2D eigenvalue weighted by molar-refractivity contribution is 0.0661.